The second-order valence-electron chi connectivity index (χ2n) is 7.51. The Labute approximate surface area is 183 Å². The van der Waals surface area contributed by atoms with Crippen LogP contribution < -0.4 is 0 Å². The van der Waals surface area contributed by atoms with Crippen molar-refractivity contribution in [3.63, 3.8) is 0 Å². The molecule has 4 aromatic rings. The average Bonchev–Trinajstić information content (AvgIpc) is 3.57. The van der Waals surface area contributed by atoms with Crippen molar-refractivity contribution < 1.29 is 9.32 Å². The van der Waals surface area contributed by atoms with E-state index in [0.29, 0.717) is 24.7 Å². The topological polar surface area (TPSA) is 89.9 Å². The summed E-state index contributed by atoms with van der Waals surface area (Å²) in [5, 5.41) is 14.6. The molecule has 31 heavy (non-hydrogen) atoms. The maximum atomic E-state index is 12.4. The summed E-state index contributed by atoms with van der Waals surface area (Å²) in [5.41, 5.74) is 2.43. The van der Waals surface area contributed by atoms with E-state index in [9.17, 15) is 4.79 Å². The number of carbonyl (C=O) groups excluding carboxylic acids is 1. The summed E-state index contributed by atoms with van der Waals surface area (Å²) in [6.45, 7) is 2.26. The minimum Gasteiger partial charge on any atom is -0.343 e. The molecule has 1 amide bonds. The summed E-state index contributed by atoms with van der Waals surface area (Å²) in [6, 6.07) is 9.77. The van der Waals surface area contributed by atoms with Gasteiger partial charge in [0, 0.05) is 36.0 Å². The summed E-state index contributed by atoms with van der Waals surface area (Å²) in [4.78, 5) is 20.0. The van der Waals surface area contributed by atoms with Crippen LogP contribution in [0.5, 0.6) is 0 Å². The fraction of sp³-hybridized carbons (Fsp3) is 0.318. The van der Waals surface area contributed by atoms with Crippen molar-refractivity contribution >= 4 is 40.4 Å². The van der Waals surface area contributed by atoms with Gasteiger partial charge in [0.1, 0.15) is 5.52 Å². The van der Waals surface area contributed by atoms with E-state index in [0.717, 1.165) is 47.4 Å². The number of fused-ring (bicyclic) bond motifs is 1. The first-order valence-electron chi connectivity index (χ1n) is 10.4. The first kappa shape index (κ1) is 19.6. The molecule has 0 N–H and O–H groups in total. The maximum absolute atomic E-state index is 12.4. The average molecular weight is 435 g/mol. The predicted octanol–water partition coefficient (Wildman–Crippen LogP) is 4.12. The molecule has 158 valence electrons. The lowest BCUT2D eigenvalue weighted by molar-refractivity contribution is -0.132. The van der Waals surface area contributed by atoms with Crippen LogP contribution in [0, 0.1) is 0 Å². The number of aromatic nitrogens is 5. The van der Waals surface area contributed by atoms with Crippen molar-refractivity contribution in [2.75, 3.05) is 13.1 Å². The fourth-order valence-corrected chi connectivity index (χ4v) is 4.36. The first-order chi connectivity index (χ1) is 15.3. The molecule has 8 nitrogen and oxygen atoms in total. The minimum atomic E-state index is 0.190. The number of amides is 1. The molecule has 1 aliphatic heterocycles. The Morgan fingerprint density at radius 1 is 1.16 bits per heavy atom. The summed E-state index contributed by atoms with van der Waals surface area (Å²) in [7, 11) is 0. The first-order valence-corrected chi connectivity index (χ1v) is 11.3. The molecule has 3 aromatic heterocycles. The standard InChI is InChI=1S/C22H22N6O2S/c29-21(27-11-2-1-3-12-27)10-13-28-19-8-6-16(15-18(19)24-26-28)22-23-20(30-25-22)9-7-17-5-4-14-31-17/h4-9,14-15H,1-3,10-13H2. The molecule has 1 aliphatic rings. The summed E-state index contributed by atoms with van der Waals surface area (Å²) >= 11 is 1.64. The van der Waals surface area contributed by atoms with Crippen molar-refractivity contribution in [1.29, 1.82) is 0 Å². The number of aryl methyl sites for hydroxylation is 1. The number of rotatable bonds is 6. The van der Waals surface area contributed by atoms with E-state index in [1.54, 1.807) is 22.1 Å². The molecular formula is C22H22N6O2S. The highest BCUT2D eigenvalue weighted by molar-refractivity contribution is 7.10. The largest absolute Gasteiger partial charge is 0.343 e. The molecule has 0 spiro atoms. The number of thiophene rings is 1. The van der Waals surface area contributed by atoms with E-state index < -0.39 is 0 Å². The van der Waals surface area contributed by atoms with Gasteiger partial charge < -0.3 is 9.42 Å². The lowest BCUT2D eigenvalue weighted by atomic mass is 10.1. The molecule has 4 heterocycles. The van der Waals surface area contributed by atoms with Gasteiger partial charge in [0.15, 0.2) is 0 Å². The number of nitrogens with zero attached hydrogens (tertiary/aromatic N) is 6. The lowest BCUT2D eigenvalue weighted by Gasteiger charge is -2.26. The SMILES string of the molecule is O=C(CCn1nnc2cc(-c3noc(C=Cc4cccs4)n3)ccc21)N1CCCCC1. The number of hydrogen-bond donors (Lipinski definition) is 0. The van der Waals surface area contributed by atoms with Crippen molar-refractivity contribution in [3.05, 3.63) is 46.5 Å². The van der Waals surface area contributed by atoms with Crippen LogP contribution in [-0.2, 0) is 11.3 Å². The van der Waals surface area contributed by atoms with E-state index in [4.69, 9.17) is 4.52 Å². The molecule has 1 saturated heterocycles. The number of carbonyl (C=O) groups is 1. The predicted molar refractivity (Wildman–Crippen MR) is 119 cm³/mol. The Morgan fingerprint density at radius 2 is 2.06 bits per heavy atom. The minimum absolute atomic E-state index is 0.190. The highest BCUT2D eigenvalue weighted by atomic mass is 32.1. The summed E-state index contributed by atoms with van der Waals surface area (Å²) in [5.74, 6) is 1.14. The summed E-state index contributed by atoms with van der Waals surface area (Å²) in [6.07, 6.45) is 7.60. The van der Waals surface area contributed by atoms with Crippen LogP contribution in [0.15, 0.2) is 40.2 Å². The summed E-state index contributed by atoms with van der Waals surface area (Å²) < 4.78 is 7.11. The third-order valence-electron chi connectivity index (χ3n) is 5.39. The molecule has 1 aromatic carbocycles. The Kier molecular flexibility index (Phi) is 5.57. The van der Waals surface area contributed by atoms with Gasteiger partial charge in [-0.1, -0.05) is 16.4 Å². The molecule has 0 radical (unpaired) electrons. The van der Waals surface area contributed by atoms with Crippen LogP contribution in [-0.4, -0.2) is 49.0 Å². The number of piperidine rings is 1. The van der Waals surface area contributed by atoms with Gasteiger partial charge in [-0.05, 0) is 55.0 Å². The molecule has 0 bridgehead atoms. The van der Waals surface area contributed by atoms with E-state index in [2.05, 4.69) is 20.5 Å². The highest BCUT2D eigenvalue weighted by Gasteiger charge is 2.17. The lowest BCUT2D eigenvalue weighted by Crippen LogP contribution is -2.36. The van der Waals surface area contributed by atoms with Crippen molar-refractivity contribution in [1.82, 2.24) is 30.0 Å². The van der Waals surface area contributed by atoms with Crippen LogP contribution in [0.25, 0.3) is 34.6 Å². The maximum Gasteiger partial charge on any atom is 0.250 e. The van der Waals surface area contributed by atoms with E-state index >= 15 is 0 Å². The van der Waals surface area contributed by atoms with Gasteiger partial charge in [0.25, 0.3) is 5.89 Å². The Balaban J connectivity index is 1.27. The smallest absolute Gasteiger partial charge is 0.250 e. The van der Waals surface area contributed by atoms with E-state index in [-0.39, 0.29) is 5.91 Å². The van der Waals surface area contributed by atoms with Crippen LogP contribution in [0.2, 0.25) is 0 Å². The van der Waals surface area contributed by atoms with Crippen molar-refractivity contribution in [2.45, 2.75) is 32.2 Å². The van der Waals surface area contributed by atoms with E-state index in [1.807, 2.05) is 46.7 Å². The zero-order valence-electron chi connectivity index (χ0n) is 17.0. The molecular weight excluding hydrogens is 412 g/mol. The van der Waals surface area contributed by atoms with Crippen molar-refractivity contribution in [3.8, 4) is 11.4 Å². The Morgan fingerprint density at radius 3 is 2.90 bits per heavy atom. The normalized spacial score (nSPS) is 14.6. The molecule has 9 heteroatoms. The zero-order valence-corrected chi connectivity index (χ0v) is 17.8. The zero-order chi connectivity index (χ0) is 21.0. The molecule has 0 atom stereocenters. The highest BCUT2D eigenvalue weighted by Crippen LogP contribution is 2.22. The number of likely N-dealkylation sites (tertiary alicyclic amines) is 1. The van der Waals surface area contributed by atoms with Crippen LogP contribution in [0.1, 0.15) is 36.5 Å². The van der Waals surface area contributed by atoms with Gasteiger partial charge in [-0.3, -0.25) is 4.79 Å². The van der Waals surface area contributed by atoms with E-state index in [1.165, 1.54) is 6.42 Å². The second kappa shape index (κ2) is 8.81. The number of hydrogen-bond acceptors (Lipinski definition) is 7. The second-order valence-corrected chi connectivity index (χ2v) is 8.49. The molecule has 0 saturated carbocycles. The Hall–Kier alpha value is -3.33. The van der Waals surface area contributed by atoms with Gasteiger partial charge in [0.2, 0.25) is 11.7 Å². The molecule has 5 rings (SSSR count). The third-order valence-corrected chi connectivity index (χ3v) is 6.23. The number of benzene rings is 1. The van der Waals surface area contributed by atoms with Gasteiger partial charge in [-0.25, -0.2) is 4.68 Å². The monoisotopic (exact) mass is 434 g/mol. The van der Waals surface area contributed by atoms with Crippen LogP contribution in [0.3, 0.4) is 0 Å². The van der Waals surface area contributed by atoms with Gasteiger partial charge in [0.05, 0.1) is 12.1 Å². The van der Waals surface area contributed by atoms with Crippen molar-refractivity contribution in [2.24, 2.45) is 0 Å². The quantitative estimate of drug-likeness (QED) is 0.454. The molecule has 0 unspecified atom stereocenters. The van der Waals surface area contributed by atoms with Crippen LogP contribution in [0.4, 0.5) is 0 Å². The van der Waals surface area contributed by atoms with Crippen LogP contribution >= 0.6 is 11.3 Å². The third kappa shape index (κ3) is 4.41. The molecule has 0 aliphatic carbocycles. The fourth-order valence-electron chi connectivity index (χ4n) is 3.74. The van der Waals surface area contributed by atoms with Gasteiger partial charge in [-0.2, -0.15) is 4.98 Å². The molecule has 1 fully saturated rings. The van der Waals surface area contributed by atoms with Gasteiger partial charge >= 0.3 is 0 Å². The van der Waals surface area contributed by atoms with Gasteiger partial charge in [-0.15, -0.1) is 16.4 Å². The Bertz CT molecular complexity index is 1200.